The molecule has 0 aliphatic carbocycles. The number of rotatable bonds is 5. The second kappa shape index (κ2) is 8.62. The van der Waals surface area contributed by atoms with E-state index in [-0.39, 0.29) is 18.7 Å². The maximum atomic E-state index is 13.7. The van der Waals surface area contributed by atoms with Gasteiger partial charge in [0.1, 0.15) is 24.3 Å². The van der Waals surface area contributed by atoms with Crippen molar-refractivity contribution in [1.29, 1.82) is 0 Å². The van der Waals surface area contributed by atoms with Crippen LogP contribution in [0.1, 0.15) is 5.56 Å². The number of nitrogens with one attached hydrogen (secondary N) is 1. The Labute approximate surface area is 168 Å². The van der Waals surface area contributed by atoms with Crippen molar-refractivity contribution >= 4 is 17.3 Å². The quantitative estimate of drug-likeness (QED) is 0.769. The third kappa shape index (κ3) is 4.45. The summed E-state index contributed by atoms with van der Waals surface area (Å²) in [7, 11) is 0. The van der Waals surface area contributed by atoms with Crippen molar-refractivity contribution in [1.82, 2.24) is 10.2 Å². The van der Waals surface area contributed by atoms with Gasteiger partial charge in [0.15, 0.2) is 16.6 Å². The number of morpholine rings is 1. The zero-order valence-corrected chi connectivity index (χ0v) is 16.0. The van der Waals surface area contributed by atoms with Gasteiger partial charge in [0, 0.05) is 31.3 Å². The van der Waals surface area contributed by atoms with Crippen LogP contribution in [0.15, 0.2) is 42.5 Å². The van der Waals surface area contributed by atoms with Crippen LogP contribution in [0, 0.1) is 5.82 Å². The van der Waals surface area contributed by atoms with E-state index in [0.717, 1.165) is 5.75 Å². The van der Waals surface area contributed by atoms with Gasteiger partial charge in [0.05, 0.1) is 6.61 Å². The molecule has 1 fully saturated rings. The summed E-state index contributed by atoms with van der Waals surface area (Å²) in [4.78, 5) is 2.02. The van der Waals surface area contributed by atoms with E-state index in [2.05, 4.69) is 5.32 Å². The molecule has 2 heterocycles. The average molecular weight is 404 g/mol. The van der Waals surface area contributed by atoms with Gasteiger partial charge in [-0.25, -0.2) is 4.39 Å². The lowest BCUT2D eigenvalue weighted by Crippen LogP contribution is -2.50. The molecule has 28 heavy (non-hydrogen) atoms. The van der Waals surface area contributed by atoms with Crippen LogP contribution in [-0.4, -0.2) is 49.2 Å². The maximum absolute atomic E-state index is 13.7. The molecule has 0 bridgehead atoms. The molecule has 6 nitrogen and oxygen atoms in total. The lowest BCUT2D eigenvalue weighted by atomic mass is 10.2. The molecule has 8 heteroatoms. The number of nitrogens with zero attached hydrogens (tertiary/aromatic N) is 1. The van der Waals surface area contributed by atoms with Crippen LogP contribution in [0.5, 0.6) is 17.2 Å². The van der Waals surface area contributed by atoms with Crippen molar-refractivity contribution in [3.8, 4) is 17.2 Å². The summed E-state index contributed by atoms with van der Waals surface area (Å²) in [6, 6.07) is 12.1. The van der Waals surface area contributed by atoms with Crippen LogP contribution in [0.25, 0.3) is 0 Å². The highest BCUT2D eigenvalue weighted by Crippen LogP contribution is 2.35. The number of thiocarbonyl (C=S) groups is 1. The molecule has 2 aromatic carbocycles. The van der Waals surface area contributed by atoms with Crippen LogP contribution >= 0.6 is 12.2 Å². The Morgan fingerprint density at radius 1 is 1.21 bits per heavy atom. The Bertz CT molecular complexity index is 851. The zero-order chi connectivity index (χ0) is 19.3. The highest BCUT2D eigenvalue weighted by Gasteiger charge is 2.23. The van der Waals surface area contributed by atoms with Crippen LogP contribution in [-0.2, 0) is 11.3 Å². The average Bonchev–Trinajstić information content (AvgIpc) is 3.19. The molecule has 1 atom stereocenters. The molecule has 0 amide bonds. The van der Waals surface area contributed by atoms with Gasteiger partial charge in [-0.05, 0) is 30.4 Å². The van der Waals surface area contributed by atoms with E-state index in [1.165, 1.54) is 6.07 Å². The van der Waals surface area contributed by atoms with Gasteiger partial charge in [-0.2, -0.15) is 0 Å². The molecular formula is C20H21FN2O4S. The fourth-order valence-electron chi connectivity index (χ4n) is 3.08. The summed E-state index contributed by atoms with van der Waals surface area (Å²) >= 11 is 5.47. The predicted molar refractivity (Wildman–Crippen MR) is 105 cm³/mol. The van der Waals surface area contributed by atoms with Crippen LogP contribution < -0.4 is 19.5 Å². The number of halogens is 1. The highest BCUT2D eigenvalue weighted by atomic mass is 32.1. The molecule has 2 aliphatic heterocycles. The minimum Gasteiger partial charge on any atom is -0.491 e. The molecule has 1 N–H and O–H groups in total. The van der Waals surface area contributed by atoms with Gasteiger partial charge in [0.25, 0.3) is 0 Å². The van der Waals surface area contributed by atoms with Gasteiger partial charge < -0.3 is 29.2 Å². The molecule has 2 aliphatic rings. The molecule has 1 unspecified atom stereocenters. The van der Waals surface area contributed by atoms with Gasteiger partial charge in [-0.1, -0.05) is 18.2 Å². The Morgan fingerprint density at radius 2 is 2.07 bits per heavy atom. The molecule has 1 saturated heterocycles. The summed E-state index contributed by atoms with van der Waals surface area (Å²) in [6.07, 6.45) is -0.118. The van der Waals surface area contributed by atoms with E-state index >= 15 is 0 Å². The summed E-state index contributed by atoms with van der Waals surface area (Å²) in [5.74, 6) is 1.86. The van der Waals surface area contributed by atoms with E-state index < -0.39 is 0 Å². The monoisotopic (exact) mass is 404 g/mol. The largest absolute Gasteiger partial charge is 0.491 e. The lowest BCUT2D eigenvalue weighted by molar-refractivity contribution is -0.0288. The lowest BCUT2D eigenvalue weighted by Gasteiger charge is -2.34. The van der Waals surface area contributed by atoms with Crippen molar-refractivity contribution in [2.24, 2.45) is 0 Å². The third-order valence-corrected chi connectivity index (χ3v) is 5.00. The second-order valence-corrected chi connectivity index (χ2v) is 6.90. The topological polar surface area (TPSA) is 52.2 Å². The van der Waals surface area contributed by atoms with Crippen molar-refractivity contribution in [3.63, 3.8) is 0 Å². The van der Waals surface area contributed by atoms with E-state index in [1.54, 1.807) is 18.2 Å². The van der Waals surface area contributed by atoms with Crippen molar-refractivity contribution in [3.05, 3.63) is 53.8 Å². The van der Waals surface area contributed by atoms with Crippen molar-refractivity contribution < 1.29 is 23.3 Å². The van der Waals surface area contributed by atoms with E-state index in [0.29, 0.717) is 55.0 Å². The summed E-state index contributed by atoms with van der Waals surface area (Å²) in [5, 5.41) is 3.71. The number of fused-ring (bicyclic) bond motifs is 1. The molecule has 4 rings (SSSR count). The summed E-state index contributed by atoms with van der Waals surface area (Å²) < 4.78 is 36.0. The number of benzene rings is 2. The van der Waals surface area contributed by atoms with E-state index in [1.807, 2.05) is 23.1 Å². The molecule has 0 spiro atoms. The van der Waals surface area contributed by atoms with Gasteiger partial charge in [0.2, 0.25) is 6.79 Å². The van der Waals surface area contributed by atoms with Crippen LogP contribution in [0.4, 0.5) is 4.39 Å². The Balaban J connectivity index is 1.26. The normalized spacial score (nSPS) is 18.0. The number of hydrogen-bond donors (Lipinski definition) is 1. The standard InChI is InChI=1S/C20H21FN2O4S/c21-17-4-2-1-3-14(17)10-22-20(28)23-7-8-24-16(11-23)12-25-15-5-6-18-19(9-15)27-13-26-18/h1-6,9,16H,7-8,10-13H2,(H,22,28). The zero-order valence-electron chi connectivity index (χ0n) is 15.2. The summed E-state index contributed by atoms with van der Waals surface area (Å²) in [6.45, 7) is 2.82. The molecule has 148 valence electrons. The van der Waals surface area contributed by atoms with Crippen LogP contribution in [0.2, 0.25) is 0 Å². The first-order chi connectivity index (χ1) is 13.7. The minimum atomic E-state index is -0.241. The summed E-state index contributed by atoms with van der Waals surface area (Å²) in [5.41, 5.74) is 0.584. The number of ether oxygens (including phenoxy) is 4. The fraction of sp³-hybridized carbons (Fsp3) is 0.350. The van der Waals surface area contributed by atoms with E-state index in [9.17, 15) is 4.39 Å². The molecule has 0 radical (unpaired) electrons. The van der Waals surface area contributed by atoms with E-state index in [4.69, 9.17) is 31.2 Å². The maximum Gasteiger partial charge on any atom is 0.231 e. The molecule has 0 aromatic heterocycles. The smallest absolute Gasteiger partial charge is 0.231 e. The fourth-order valence-corrected chi connectivity index (χ4v) is 3.32. The third-order valence-electron chi connectivity index (χ3n) is 4.59. The SMILES string of the molecule is Fc1ccccc1CNC(=S)N1CCOC(COc2ccc3c(c2)OCO3)C1. The van der Waals surface area contributed by atoms with Crippen molar-refractivity contribution in [2.45, 2.75) is 12.6 Å². The first kappa shape index (κ1) is 18.8. The van der Waals surface area contributed by atoms with Crippen LogP contribution in [0.3, 0.4) is 0 Å². The molecule has 0 saturated carbocycles. The highest BCUT2D eigenvalue weighted by molar-refractivity contribution is 7.80. The minimum absolute atomic E-state index is 0.118. The molecule has 2 aromatic rings. The Morgan fingerprint density at radius 3 is 2.96 bits per heavy atom. The Kier molecular flexibility index (Phi) is 5.78. The first-order valence-electron chi connectivity index (χ1n) is 9.09. The van der Waals surface area contributed by atoms with Gasteiger partial charge in [-0.15, -0.1) is 0 Å². The van der Waals surface area contributed by atoms with Crippen molar-refractivity contribution in [2.75, 3.05) is 33.1 Å². The second-order valence-electron chi connectivity index (χ2n) is 6.52. The molecular weight excluding hydrogens is 383 g/mol. The Hall–Kier alpha value is -2.58. The number of hydrogen-bond acceptors (Lipinski definition) is 5. The van der Waals surface area contributed by atoms with Gasteiger partial charge in [-0.3, -0.25) is 0 Å². The predicted octanol–water partition coefficient (Wildman–Crippen LogP) is 2.71. The first-order valence-corrected chi connectivity index (χ1v) is 9.50. The van der Waals surface area contributed by atoms with Gasteiger partial charge >= 0.3 is 0 Å².